The lowest BCUT2D eigenvalue weighted by Gasteiger charge is -2.21. The molecule has 3 nitrogen and oxygen atoms in total. The topological polar surface area (TPSA) is 29.5 Å². The number of fused-ring (bicyclic) bond motifs is 1. The van der Waals surface area contributed by atoms with Gasteiger partial charge in [-0.15, -0.1) is 0 Å². The largest absolute Gasteiger partial charge is 0.491 e. The third-order valence-electron chi connectivity index (χ3n) is 5.59. The molecule has 0 spiro atoms. The number of aryl methyl sites for hydroxylation is 3. The molecule has 0 aromatic heterocycles. The fourth-order valence-corrected chi connectivity index (χ4v) is 4.18. The Morgan fingerprint density at radius 1 is 0.897 bits per heavy atom. The monoisotopic (exact) mass is 449 g/mol. The van der Waals surface area contributed by atoms with Crippen molar-refractivity contribution >= 4 is 21.8 Å². The van der Waals surface area contributed by atoms with Gasteiger partial charge < -0.3 is 9.64 Å². The van der Waals surface area contributed by atoms with E-state index < -0.39 is 0 Å². The maximum atomic E-state index is 13.2. The van der Waals surface area contributed by atoms with E-state index in [1.165, 1.54) is 16.7 Å². The van der Waals surface area contributed by atoms with Gasteiger partial charge >= 0.3 is 0 Å². The maximum Gasteiger partial charge on any atom is 0.254 e. The Hall–Kier alpha value is -2.59. The molecule has 1 aliphatic rings. The molecule has 29 heavy (non-hydrogen) atoms. The van der Waals surface area contributed by atoms with Crippen molar-refractivity contribution in [3.05, 3.63) is 86.9 Å². The molecule has 3 aromatic rings. The second kappa shape index (κ2) is 8.03. The van der Waals surface area contributed by atoms with E-state index in [2.05, 4.69) is 60.1 Å². The number of hydrogen-bond donors (Lipinski definition) is 0. The van der Waals surface area contributed by atoms with Gasteiger partial charge in [-0.2, -0.15) is 0 Å². The number of halogens is 1. The van der Waals surface area contributed by atoms with Crippen LogP contribution in [-0.2, 0) is 6.54 Å². The molecule has 0 radical (unpaired) electrons. The van der Waals surface area contributed by atoms with Crippen molar-refractivity contribution in [2.24, 2.45) is 0 Å². The summed E-state index contributed by atoms with van der Waals surface area (Å²) in [6, 6.07) is 18.6. The molecule has 0 bridgehead atoms. The highest BCUT2D eigenvalue weighted by Crippen LogP contribution is 2.31. The number of ether oxygens (including phenoxy) is 1. The first-order chi connectivity index (χ1) is 13.9. The minimum Gasteiger partial charge on any atom is -0.491 e. The zero-order chi connectivity index (χ0) is 20.5. The molecular formula is C25H24BrNO2. The number of carbonyl (C=O) groups is 1. The van der Waals surface area contributed by atoms with E-state index in [1.807, 2.05) is 36.1 Å². The Balaban J connectivity index is 1.65. The van der Waals surface area contributed by atoms with Gasteiger partial charge in [-0.25, -0.2) is 0 Å². The van der Waals surface area contributed by atoms with Crippen LogP contribution in [0.4, 0.5) is 0 Å². The molecule has 0 fully saturated rings. The van der Waals surface area contributed by atoms with E-state index in [-0.39, 0.29) is 5.91 Å². The van der Waals surface area contributed by atoms with Crippen LogP contribution in [-0.4, -0.2) is 24.0 Å². The lowest BCUT2D eigenvalue weighted by atomic mass is 9.98. The molecular weight excluding hydrogens is 426 g/mol. The standard InChI is InChI=1S/C25H24BrNO2/c1-16-4-5-19(12-17(16)2)20-6-9-24-21(14-20)15-27(10-11-29-24)25(28)23-8-7-22(26)13-18(23)3/h4-9,12-14H,10-11,15H2,1-3H3. The average Bonchev–Trinajstić information content (AvgIpc) is 2.91. The van der Waals surface area contributed by atoms with E-state index in [4.69, 9.17) is 4.74 Å². The molecule has 0 saturated carbocycles. The molecule has 0 atom stereocenters. The number of hydrogen-bond acceptors (Lipinski definition) is 2. The van der Waals surface area contributed by atoms with Gasteiger partial charge in [0.25, 0.3) is 5.91 Å². The van der Waals surface area contributed by atoms with Crippen molar-refractivity contribution in [1.82, 2.24) is 4.90 Å². The second-order valence-electron chi connectivity index (χ2n) is 7.66. The molecule has 0 N–H and O–H groups in total. The first kappa shape index (κ1) is 19.7. The predicted octanol–water partition coefficient (Wildman–Crippen LogP) is 6.08. The summed E-state index contributed by atoms with van der Waals surface area (Å²) in [4.78, 5) is 15.1. The van der Waals surface area contributed by atoms with Crippen molar-refractivity contribution < 1.29 is 9.53 Å². The van der Waals surface area contributed by atoms with Gasteiger partial charge in [-0.05, 0) is 78.9 Å². The number of rotatable bonds is 2. The summed E-state index contributed by atoms with van der Waals surface area (Å²) in [6.45, 7) is 7.84. The van der Waals surface area contributed by atoms with Gasteiger partial charge in [0.15, 0.2) is 0 Å². The Kier molecular flexibility index (Phi) is 5.46. The average molecular weight is 450 g/mol. The van der Waals surface area contributed by atoms with Crippen LogP contribution in [0.5, 0.6) is 5.75 Å². The molecule has 4 heteroatoms. The fourth-order valence-electron chi connectivity index (χ4n) is 3.71. The molecule has 3 aromatic carbocycles. The minimum atomic E-state index is 0.0445. The van der Waals surface area contributed by atoms with Gasteiger partial charge in [-0.1, -0.05) is 40.2 Å². The Morgan fingerprint density at radius 2 is 1.66 bits per heavy atom. The van der Waals surface area contributed by atoms with Crippen LogP contribution >= 0.6 is 15.9 Å². The van der Waals surface area contributed by atoms with Crippen LogP contribution < -0.4 is 4.74 Å². The number of nitrogens with zero attached hydrogens (tertiary/aromatic N) is 1. The van der Waals surface area contributed by atoms with Crippen molar-refractivity contribution in [2.75, 3.05) is 13.2 Å². The van der Waals surface area contributed by atoms with Gasteiger partial charge in [0.2, 0.25) is 0 Å². The summed E-state index contributed by atoms with van der Waals surface area (Å²) in [5, 5.41) is 0. The number of benzene rings is 3. The first-order valence-corrected chi connectivity index (χ1v) is 10.6. The summed E-state index contributed by atoms with van der Waals surface area (Å²) < 4.78 is 6.93. The predicted molar refractivity (Wildman–Crippen MR) is 120 cm³/mol. The minimum absolute atomic E-state index is 0.0445. The van der Waals surface area contributed by atoms with Crippen LogP contribution in [0.25, 0.3) is 11.1 Å². The molecule has 148 valence electrons. The van der Waals surface area contributed by atoms with Crippen LogP contribution in [0, 0.1) is 20.8 Å². The second-order valence-corrected chi connectivity index (χ2v) is 8.57. The maximum absolute atomic E-state index is 13.2. The van der Waals surface area contributed by atoms with E-state index in [0.29, 0.717) is 19.7 Å². The lowest BCUT2D eigenvalue weighted by molar-refractivity contribution is 0.0732. The van der Waals surface area contributed by atoms with Crippen molar-refractivity contribution in [1.29, 1.82) is 0 Å². The number of carbonyl (C=O) groups excluding carboxylic acids is 1. The molecule has 0 saturated heterocycles. The van der Waals surface area contributed by atoms with Crippen molar-refractivity contribution in [3.63, 3.8) is 0 Å². The zero-order valence-corrected chi connectivity index (χ0v) is 18.5. The van der Waals surface area contributed by atoms with Crippen LogP contribution in [0.2, 0.25) is 0 Å². The Labute approximate surface area is 180 Å². The SMILES string of the molecule is Cc1ccc(-c2ccc3c(c2)CN(C(=O)c2ccc(Br)cc2C)CCO3)cc1C. The van der Waals surface area contributed by atoms with Gasteiger partial charge in [0, 0.05) is 22.1 Å². The van der Waals surface area contributed by atoms with Gasteiger partial charge in [-0.3, -0.25) is 4.79 Å². The summed E-state index contributed by atoms with van der Waals surface area (Å²) in [5.41, 5.74) is 7.64. The highest BCUT2D eigenvalue weighted by Gasteiger charge is 2.22. The fraction of sp³-hybridized carbons (Fsp3) is 0.240. The molecule has 1 heterocycles. The van der Waals surface area contributed by atoms with E-state index >= 15 is 0 Å². The third-order valence-corrected chi connectivity index (χ3v) is 6.08. The van der Waals surface area contributed by atoms with Crippen LogP contribution in [0.15, 0.2) is 59.1 Å². The van der Waals surface area contributed by atoms with Gasteiger partial charge in [0.05, 0.1) is 6.54 Å². The molecule has 1 amide bonds. The lowest BCUT2D eigenvalue weighted by Crippen LogP contribution is -2.32. The summed E-state index contributed by atoms with van der Waals surface area (Å²) in [5.74, 6) is 0.906. The first-order valence-electron chi connectivity index (χ1n) is 9.81. The number of amides is 1. The van der Waals surface area contributed by atoms with Crippen molar-refractivity contribution in [3.8, 4) is 16.9 Å². The molecule has 0 aliphatic carbocycles. The summed E-state index contributed by atoms with van der Waals surface area (Å²) >= 11 is 3.47. The Bertz CT molecular complexity index is 1090. The van der Waals surface area contributed by atoms with Crippen LogP contribution in [0.3, 0.4) is 0 Å². The van der Waals surface area contributed by atoms with E-state index in [1.54, 1.807) is 0 Å². The Morgan fingerprint density at radius 3 is 2.41 bits per heavy atom. The highest BCUT2D eigenvalue weighted by molar-refractivity contribution is 9.10. The highest BCUT2D eigenvalue weighted by atomic mass is 79.9. The molecule has 4 rings (SSSR count). The smallest absolute Gasteiger partial charge is 0.254 e. The third kappa shape index (κ3) is 4.08. The van der Waals surface area contributed by atoms with Gasteiger partial charge in [0.1, 0.15) is 12.4 Å². The normalized spacial score (nSPS) is 13.4. The van der Waals surface area contributed by atoms with Crippen molar-refractivity contribution in [2.45, 2.75) is 27.3 Å². The molecule has 1 aliphatic heterocycles. The van der Waals surface area contributed by atoms with E-state index in [9.17, 15) is 4.79 Å². The van der Waals surface area contributed by atoms with Crippen LogP contribution in [0.1, 0.15) is 32.6 Å². The zero-order valence-electron chi connectivity index (χ0n) is 17.0. The molecule has 0 unspecified atom stereocenters. The quantitative estimate of drug-likeness (QED) is 0.474. The summed E-state index contributed by atoms with van der Waals surface area (Å²) in [7, 11) is 0. The summed E-state index contributed by atoms with van der Waals surface area (Å²) in [6.07, 6.45) is 0. The van der Waals surface area contributed by atoms with E-state index in [0.717, 1.165) is 32.5 Å².